The van der Waals surface area contributed by atoms with Gasteiger partial charge >= 0.3 is 5.88 Å². The normalized spacial score (nSPS) is 11.1. The minimum atomic E-state index is -0.690. The van der Waals surface area contributed by atoms with Crippen LogP contribution in [0.4, 0.5) is 11.6 Å². The Hall–Kier alpha value is -3.72. The van der Waals surface area contributed by atoms with Crippen LogP contribution in [0.1, 0.15) is 21.7 Å². The second-order valence-electron chi connectivity index (χ2n) is 6.28. The van der Waals surface area contributed by atoms with Crippen LogP contribution in [0.3, 0.4) is 0 Å². The molecule has 0 aliphatic carbocycles. The molecule has 0 radical (unpaired) electrons. The molecule has 0 aliphatic rings. The number of nitro groups is 1. The molecule has 0 saturated carbocycles. The Balaban J connectivity index is 1.89. The zero-order chi connectivity index (χ0) is 21.7. The Labute approximate surface area is 179 Å². The van der Waals surface area contributed by atoms with Crippen LogP contribution in [-0.2, 0) is 4.79 Å². The number of carbonyl (C=O) groups excluding carboxylic acids is 2. The third kappa shape index (κ3) is 5.42. The number of hydrogen-bond donors (Lipinski definition) is 2. The monoisotopic (exact) mass is 469 g/mol. The first-order valence-corrected chi connectivity index (χ1v) is 9.52. The number of nitrogens with one attached hydrogen (secondary N) is 2. The summed E-state index contributed by atoms with van der Waals surface area (Å²) in [5.41, 5.74) is 1.68. The molecule has 2 aromatic carbocycles. The summed E-state index contributed by atoms with van der Waals surface area (Å²) in [5.74, 6) is -1.55. The third-order valence-corrected chi connectivity index (χ3v) is 4.48. The van der Waals surface area contributed by atoms with E-state index in [4.69, 9.17) is 4.42 Å². The Morgan fingerprint density at radius 3 is 2.47 bits per heavy atom. The SMILES string of the molecule is Cc1cccc(NC(=O)/C(=C\c2ccc([N+](=O)[O-])o2)NC(=O)c2ccc(Br)cc2)c1. The standard InChI is InChI=1S/C21H16BrN3O5/c1-13-3-2-4-16(11-13)23-21(27)18(12-17-9-10-19(30-17)25(28)29)24-20(26)14-5-7-15(22)8-6-14/h2-12H,1H3,(H,23,27)(H,24,26)/b18-12+. The summed E-state index contributed by atoms with van der Waals surface area (Å²) in [6.45, 7) is 1.88. The van der Waals surface area contributed by atoms with Gasteiger partial charge in [-0.15, -0.1) is 0 Å². The lowest BCUT2D eigenvalue weighted by molar-refractivity contribution is -0.402. The van der Waals surface area contributed by atoms with E-state index in [1.165, 1.54) is 18.2 Å². The molecule has 0 unspecified atom stereocenters. The van der Waals surface area contributed by atoms with Gasteiger partial charge in [-0.3, -0.25) is 19.7 Å². The van der Waals surface area contributed by atoms with E-state index in [0.717, 1.165) is 10.0 Å². The van der Waals surface area contributed by atoms with E-state index in [-0.39, 0.29) is 11.5 Å². The van der Waals surface area contributed by atoms with Crippen molar-refractivity contribution in [2.45, 2.75) is 6.92 Å². The van der Waals surface area contributed by atoms with Gasteiger partial charge in [0.1, 0.15) is 16.4 Å². The first-order valence-electron chi connectivity index (χ1n) is 8.73. The van der Waals surface area contributed by atoms with E-state index in [9.17, 15) is 19.7 Å². The number of furan rings is 1. The van der Waals surface area contributed by atoms with Crippen molar-refractivity contribution in [3.05, 3.63) is 97.8 Å². The number of amides is 2. The van der Waals surface area contributed by atoms with Gasteiger partial charge in [0.25, 0.3) is 11.8 Å². The van der Waals surface area contributed by atoms with Crippen molar-refractivity contribution in [1.82, 2.24) is 5.32 Å². The van der Waals surface area contributed by atoms with Crippen molar-refractivity contribution in [3.63, 3.8) is 0 Å². The second-order valence-corrected chi connectivity index (χ2v) is 7.19. The number of carbonyl (C=O) groups is 2. The molecule has 0 saturated heterocycles. The van der Waals surface area contributed by atoms with Gasteiger partial charge in [0.15, 0.2) is 0 Å². The van der Waals surface area contributed by atoms with E-state index in [2.05, 4.69) is 26.6 Å². The summed E-state index contributed by atoms with van der Waals surface area (Å²) in [6.07, 6.45) is 1.23. The summed E-state index contributed by atoms with van der Waals surface area (Å²) >= 11 is 3.30. The molecule has 1 heterocycles. The van der Waals surface area contributed by atoms with Crippen LogP contribution in [0.5, 0.6) is 0 Å². The molecule has 2 N–H and O–H groups in total. The highest BCUT2D eigenvalue weighted by molar-refractivity contribution is 9.10. The fourth-order valence-electron chi connectivity index (χ4n) is 2.54. The van der Waals surface area contributed by atoms with Crippen LogP contribution in [0.2, 0.25) is 0 Å². The number of anilines is 1. The van der Waals surface area contributed by atoms with E-state index >= 15 is 0 Å². The van der Waals surface area contributed by atoms with Crippen LogP contribution >= 0.6 is 15.9 Å². The minimum absolute atomic E-state index is 0.0483. The molecule has 8 nitrogen and oxygen atoms in total. The topological polar surface area (TPSA) is 114 Å². The number of halogens is 1. The summed E-state index contributed by atoms with van der Waals surface area (Å²) in [7, 11) is 0. The van der Waals surface area contributed by atoms with Gasteiger partial charge in [-0.05, 0) is 55.0 Å². The zero-order valence-corrected chi connectivity index (χ0v) is 17.3. The maximum Gasteiger partial charge on any atom is 0.433 e. The van der Waals surface area contributed by atoms with Gasteiger partial charge in [-0.25, -0.2) is 0 Å². The van der Waals surface area contributed by atoms with Crippen molar-refractivity contribution >= 4 is 45.4 Å². The zero-order valence-electron chi connectivity index (χ0n) is 15.7. The van der Waals surface area contributed by atoms with Crippen molar-refractivity contribution in [2.75, 3.05) is 5.32 Å². The van der Waals surface area contributed by atoms with Crippen molar-refractivity contribution < 1.29 is 18.9 Å². The molecule has 2 amide bonds. The lowest BCUT2D eigenvalue weighted by atomic mass is 10.2. The molecule has 0 aliphatic heterocycles. The molecule has 1 aromatic heterocycles. The highest BCUT2D eigenvalue weighted by Gasteiger charge is 2.17. The second kappa shape index (κ2) is 9.19. The molecular formula is C21H16BrN3O5. The summed E-state index contributed by atoms with van der Waals surface area (Å²) in [5, 5.41) is 16.1. The Morgan fingerprint density at radius 2 is 1.83 bits per heavy atom. The molecule has 3 aromatic rings. The molecular weight excluding hydrogens is 454 g/mol. The van der Waals surface area contributed by atoms with Crippen LogP contribution in [0, 0.1) is 17.0 Å². The quantitative estimate of drug-likeness (QED) is 0.309. The first-order chi connectivity index (χ1) is 14.3. The Morgan fingerprint density at radius 1 is 1.10 bits per heavy atom. The smallest absolute Gasteiger partial charge is 0.401 e. The van der Waals surface area contributed by atoms with Gasteiger partial charge in [0, 0.05) is 21.8 Å². The maximum absolute atomic E-state index is 12.8. The van der Waals surface area contributed by atoms with Crippen molar-refractivity contribution in [1.29, 1.82) is 0 Å². The molecule has 9 heteroatoms. The molecule has 0 atom stereocenters. The highest BCUT2D eigenvalue weighted by atomic mass is 79.9. The van der Waals surface area contributed by atoms with Crippen molar-refractivity contribution in [2.24, 2.45) is 0 Å². The van der Waals surface area contributed by atoms with Crippen LogP contribution in [0.15, 0.2) is 75.3 Å². The van der Waals surface area contributed by atoms with Gasteiger partial charge in [-0.2, -0.15) is 0 Å². The fourth-order valence-corrected chi connectivity index (χ4v) is 2.80. The number of rotatable bonds is 6. The van der Waals surface area contributed by atoms with E-state index < -0.39 is 22.6 Å². The molecule has 0 fully saturated rings. The summed E-state index contributed by atoms with van der Waals surface area (Å²) in [6, 6.07) is 16.2. The predicted molar refractivity (Wildman–Crippen MR) is 115 cm³/mol. The van der Waals surface area contributed by atoms with Gasteiger partial charge in [0.2, 0.25) is 0 Å². The van der Waals surface area contributed by atoms with Crippen LogP contribution in [0.25, 0.3) is 6.08 Å². The van der Waals surface area contributed by atoms with Gasteiger partial charge < -0.3 is 15.1 Å². The number of hydrogen-bond acceptors (Lipinski definition) is 5. The lowest BCUT2D eigenvalue weighted by Gasteiger charge is -2.11. The predicted octanol–water partition coefficient (Wildman–Crippen LogP) is 4.67. The van der Waals surface area contributed by atoms with E-state index in [0.29, 0.717) is 11.3 Å². The maximum atomic E-state index is 12.8. The molecule has 3 rings (SSSR count). The molecule has 0 spiro atoms. The average Bonchev–Trinajstić information content (AvgIpc) is 3.17. The Kier molecular flexibility index (Phi) is 6.43. The van der Waals surface area contributed by atoms with Crippen molar-refractivity contribution in [3.8, 4) is 0 Å². The number of benzene rings is 2. The van der Waals surface area contributed by atoms with Crippen LogP contribution < -0.4 is 10.6 Å². The molecule has 152 valence electrons. The lowest BCUT2D eigenvalue weighted by Crippen LogP contribution is -2.30. The van der Waals surface area contributed by atoms with Gasteiger partial charge in [0.05, 0.1) is 6.07 Å². The van der Waals surface area contributed by atoms with E-state index in [1.807, 2.05) is 13.0 Å². The summed E-state index contributed by atoms with van der Waals surface area (Å²) in [4.78, 5) is 35.6. The molecule has 0 bridgehead atoms. The summed E-state index contributed by atoms with van der Waals surface area (Å²) < 4.78 is 5.89. The fraction of sp³-hybridized carbons (Fsp3) is 0.0476. The van der Waals surface area contributed by atoms with Gasteiger partial charge in [-0.1, -0.05) is 28.1 Å². The largest absolute Gasteiger partial charge is 0.433 e. The molecule has 30 heavy (non-hydrogen) atoms. The highest BCUT2D eigenvalue weighted by Crippen LogP contribution is 2.19. The first kappa shape index (κ1) is 21.0. The average molecular weight is 470 g/mol. The third-order valence-electron chi connectivity index (χ3n) is 3.95. The van der Waals surface area contributed by atoms with Crippen LogP contribution in [-0.4, -0.2) is 16.7 Å². The minimum Gasteiger partial charge on any atom is -0.401 e. The Bertz CT molecular complexity index is 1140. The van der Waals surface area contributed by atoms with E-state index in [1.54, 1.807) is 42.5 Å². The number of aryl methyl sites for hydroxylation is 1. The number of nitrogens with zero attached hydrogens (tertiary/aromatic N) is 1.